The van der Waals surface area contributed by atoms with Gasteiger partial charge in [0.25, 0.3) is 5.91 Å². The summed E-state index contributed by atoms with van der Waals surface area (Å²) in [5, 5.41) is 2.81. The van der Waals surface area contributed by atoms with Crippen molar-refractivity contribution in [2.45, 2.75) is 26.8 Å². The molecular weight excluding hydrogens is 462 g/mol. The molecule has 1 atom stereocenters. The first kappa shape index (κ1) is 23.9. The van der Waals surface area contributed by atoms with E-state index in [4.69, 9.17) is 16.3 Å². The number of halogens is 3. The number of nitrogens with zero attached hydrogens (tertiary/aromatic N) is 5. The Balaban J connectivity index is 0.00000141. The van der Waals surface area contributed by atoms with Crippen LogP contribution in [0.4, 0.5) is 8.28 Å². The second kappa shape index (κ2) is 10.2. The second-order valence-corrected chi connectivity index (χ2v) is 7.40. The number of amides is 1. The maximum Gasteiger partial charge on any atom is 0.255 e. The number of hydrogen-bond acceptors (Lipinski definition) is 6. The Hall–Kier alpha value is -2.76. The van der Waals surface area contributed by atoms with Crippen LogP contribution in [0.25, 0.3) is 28.1 Å². The number of imidazole rings is 1. The summed E-state index contributed by atoms with van der Waals surface area (Å²) in [6.45, 7) is 6.09. The molecule has 8 nitrogen and oxygen atoms in total. The van der Waals surface area contributed by atoms with Gasteiger partial charge in [-0.1, -0.05) is 13.8 Å². The van der Waals surface area contributed by atoms with Crippen molar-refractivity contribution in [2.75, 3.05) is 13.7 Å². The fourth-order valence-electron chi connectivity index (χ4n) is 3.10. The van der Waals surface area contributed by atoms with Crippen LogP contribution in [0, 0.1) is 5.82 Å². The monoisotopic (exact) mass is 482 g/mol. The van der Waals surface area contributed by atoms with Gasteiger partial charge in [-0.2, -0.15) is 0 Å². The van der Waals surface area contributed by atoms with Gasteiger partial charge in [-0.05, 0) is 30.7 Å². The minimum Gasteiger partial charge on any atom is -0.383 e. The van der Waals surface area contributed by atoms with Gasteiger partial charge in [0.05, 0.1) is 23.9 Å². The average molecular weight is 483 g/mol. The Morgan fingerprint density at radius 3 is 2.75 bits per heavy atom. The molecule has 4 rings (SSSR count). The minimum absolute atomic E-state index is 0.0460. The van der Waals surface area contributed by atoms with Crippen LogP contribution in [-0.4, -0.2) is 49.0 Å². The van der Waals surface area contributed by atoms with E-state index < -0.39 is 11.7 Å². The van der Waals surface area contributed by atoms with Gasteiger partial charge >= 0.3 is 0 Å². The highest BCUT2D eigenvalue weighted by molar-refractivity contribution is 7.92. The van der Waals surface area contributed by atoms with Crippen LogP contribution in [-0.2, 0) is 4.74 Å². The lowest BCUT2D eigenvalue weighted by Gasteiger charge is -2.11. The number of carbonyl (C=O) groups is 1. The van der Waals surface area contributed by atoms with Crippen LogP contribution in [0.5, 0.6) is 0 Å². The number of aromatic nitrogens is 5. The molecule has 0 saturated carbocycles. The zero-order valence-electron chi connectivity index (χ0n) is 17.8. The Kier molecular flexibility index (Phi) is 7.64. The van der Waals surface area contributed by atoms with E-state index in [0.29, 0.717) is 23.5 Å². The largest absolute Gasteiger partial charge is 0.383 e. The van der Waals surface area contributed by atoms with Crippen LogP contribution in [0.15, 0.2) is 30.7 Å². The van der Waals surface area contributed by atoms with Crippen molar-refractivity contribution in [3.63, 3.8) is 0 Å². The Labute approximate surface area is 192 Å². The summed E-state index contributed by atoms with van der Waals surface area (Å²) in [5.74, 6) is -0.922. The smallest absolute Gasteiger partial charge is 0.255 e. The lowest BCUT2D eigenvalue weighted by Crippen LogP contribution is -2.35. The molecule has 1 N–H and O–H groups in total. The molecule has 1 unspecified atom stereocenters. The molecule has 0 saturated heterocycles. The summed E-state index contributed by atoms with van der Waals surface area (Å²) in [7, 11) is 1.53. The van der Waals surface area contributed by atoms with Crippen LogP contribution >= 0.6 is 23.9 Å². The van der Waals surface area contributed by atoms with E-state index in [2.05, 4.69) is 20.3 Å². The first-order valence-corrected chi connectivity index (χ1v) is 10.8. The lowest BCUT2D eigenvalue weighted by atomic mass is 10.2. The molecular formula is C20H21ClF2N6O2S. The Morgan fingerprint density at radius 2 is 2.06 bits per heavy atom. The highest BCUT2D eigenvalue weighted by Crippen LogP contribution is 2.29. The van der Waals surface area contributed by atoms with Gasteiger partial charge in [-0.3, -0.25) is 9.20 Å². The molecule has 0 aliphatic rings. The van der Waals surface area contributed by atoms with E-state index >= 15 is 0 Å². The number of nitrogens with one attached hydrogen (secondary N) is 1. The van der Waals surface area contributed by atoms with Gasteiger partial charge in [0, 0.05) is 25.5 Å². The number of ether oxygens (including phenoxy) is 1. The van der Waals surface area contributed by atoms with E-state index in [1.807, 2.05) is 13.8 Å². The molecule has 0 aromatic carbocycles. The first-order chi connectivity index (χ1) is 15.4. The van der Waals surface area contributed by atoms with Crippen molar-refractivity contribution in [1.29, 1.82) is 0 Å². The zero-order valence-corrected chi connectivity index (χ0v) is 19.3. The van der Waals surface area contributed by atoms with Gasteiger partial charge in [0.2, 0.25) is 5.28 Å². The Morgan fingerprint density at radius 1 is 1.31 bits per heavy atom. The third-order valence-corrected chi connectivity index (χ3v) is 5.07. The molecule has 0 radical (unpaired) electrons. The van der Waals surface area contributed by atoms with Crippen LogP contribution in [0.1, 0.15) is 31.1 Å². The number of carbonyl (C=O) groups excluding carboxylic acids is 1. The van der Waals surface area contributed by atoms with E-state index in [0.717, 1.165) is 3.97 Å². The number of fused-ring (bicyclic) bond motifs is 2. The second-order valence-electron chi connectivity index (χ2n) is 6.53. The van der Waals surface area contributed by atoms with Gasteiger partial charge in [0.1, 0.15) is 22.7 Å². The normalized spacial score (nSPS) is 12.0. The molecule has 170 valence electrons. The standard InChI is InChI=1S/C18H15ClF2N6O2S.C2H6/c1-9(8-29-2)23-17(28)11-7-27(30-21)16-14(11)24-12(5-22-16)15-13-4-3-10(20)6-26(13)18(19)25-15;1-2/h3-7,9H,8H2,1-2H3,(H,23,28);1-2H3. The highest BCUT2D eigenvalue weighted by atomic mass is 35.5. The van der Waals surface area contributed by atoms with Crippen LogP contribution in [0.2, 0.25) is 5.28 Å². The Bertz CT molecular complexity index is 1260. The SMILES string of the molecule is CC.COCC(C)NC(=O)c1cn(SF)c2ncc(-c3nc(Cl)n4cc(F)ccc34)nc12. The van der Waals surface area contributed by atoms with Crippen molar-refractivity contribution in [3.05, 3.63) is 47.4 Å². The van der Waals surface area contributed by atoms with Gasteiger partial charge in [0.15, 0.2) is 18.0 Å². The van der Waals surface area contributed by atoms with E-state index in [-0.39, 0.29) is 40.4 Å². The van der Waals surface area contributed by atoms with E-state index in [1.54, 1.807) is 6.92 Å². The molecule has 0 spiro atoms. The van der Waals surface area contributed by atoms with Gasteiger partial charge in [-0.15, -0.1) is 3.89 Å². The molecule has 12 heteroatoms. The summed E-state index contributed by atoms with van der Waals surface area (Å²) < 4.78 is 34.4. The number of hydrogen-bond donors (Lipinski definition) is 1. The maximum atomic E-state index is 13.6. The van der Waals surface area contributed by atoms with E-state index in [1.165, 1.54) is 42.2 Å². The quantitative estimate of drug-likeness (QED) is 0.428. The third kappa shape index (κ3) is 4.54. The summed E-state index contributed by atoms with van der Waals surface area (Å²) in [4.78, 5) is 25.7. The molecule has 32 heavy (non-hydrogen) atoms. The van der Waals surface area contributed by atoms with Gasteiger partial charge in [-0.25, -0.2) is 23.3 Å². The number of pyridine rings is 1. The predicted molar refractivity (Wildman–Crippen MR) is 121 cm³/mol. The minimum atomic E-state index is -0.476. The average Bonchev–Trinajstić information content (AvgIpc) is 3.32. The van der Waals surface area contributed by atoms with Crippen molar-refractivity contribution in [2.24, 2.45) is 0 Å². The van der Waals surface area contributed by atoms with Crippen LogP contribution in [0.3, 0.4) is 0 Å². The summed E-state index contributed by atoms with van der Waals surface area (Å²) in [5.41, 5.74) is 1.69. The molecule has 4 aromatic heterocycles. The molecule has 4 heterocycles. The number of methoxy groups -OCH3 is 1. The van der Waals surface area contributed by atoms with Crippen molar-refractivity contribution >= 4 is 46.5 Å². The molecule has 0 fully saturated rings. The van der Waals surface area contributed by atoms with Crippen molar-refractivity contribution < 1.29 is 17.8 Å². The zero-order chi connectivity index (χ0) is 23.4. The topological polar surface area (TPSA) is 86.3 Å². The summed E-state index contributed by atoms with van der Waals surface area (Å²) in [6.07, 6.45) is 3.92. The third-order valence-electron chi connectivity index (χ3n) is 4.38. The van der Waals surface area contributed by atoms with Crippen molar-refractivity contribution in [3.8, 4) is 11.4 Å². The first-order valence-electron chi connectivity index (χ1n) is 9.73. The van der Waals surface area contributed by atoms with Crippen LogP contribution < -0.4 is 5.32 Å². The molecule has 1 amide bonds. The van der Waals surface area contributed by atoms with Crippen molar-refractivity contribution in [1.82, 2.24) is 28.6 Å². The van der Waals surface area contributed by atoms with E-state index in [9.17, 15) is 13.1 Å². The van der Waals surface area contributed by atoms with Gasteiger partial charge < -0.3 is 10.1 Å². The maximum absolute atomic E-state index is 13.6. The fraction of sp³-hybridized carbons (Fsp3) is 0.300. The molecule has 0 aliphatic carbocycles. The highest BCUT2D eigenvalue weighted by Gasteiger charge is 2.22. The number of rotatable bonds is 6. The summed E-state index contributed by atoms with van der Waals surface area (Å²) >= 11 is 6.02. The molecule has 0 aliphatic heterocycles. The lowest BCUT2D eigenvalue weighted by molar-refractivity contribution is 0.0907. The predicted octanol–water partition coefficient (Wildman–Crippen LogP) is 4.71. The molecule has 4 aromatic rings. The summed E-state index contributed by atoms with van der Waals surface area (Å²) in [6, 6.07) is 2.52. The molecule has 0 bridgehead atoms. The fourth-order valence-corrected chi connectivity index (χ4v) is 3.67.